The van der Waals surface area contributed by atoms with E-state index in [9.17, 15) is 38.4 Å². The van der Waals surface area contributed by atoms with Gasteiger partial charge in [-0.05, 0) is 99.1 Å². The van der Waals surface area contributed by atoms with Crippen molar-refractivity contribution in [2.75, 3.05) is 37.1 Å². The zero-order chi connectivity index (χ0) is 44.9. The van der Waals surface area contributed by atoms with Crippen molar-refractivity contribution in [3.63, 3.8) is 0 Å². The first-order chi connectivity index (χ1) is 30.3. The summed E-state index contributed by atoms with van der Waals surface area (Å²) in [7, 11) is 0. The number of esters is 4. The van der Waals surface area contributed by atoms with E-state index in [4.69, 9.17) is 18.9 Å². The number of imide groups is 1. The quantitative estimate of drug-likeness (QED) is 0.0738. The first-order valence-electron chi connectivity index (χ1n) is 20.9. The molecule has 17 heteroatoms. The van der Waals surface area contributed by atoms with Crippen LogP contribution < -0.4 is 10.6 Å². The minimum atomic E-state index is -1.51. The van der Waals surface area contributed by atoms with Crippen LogP contribution in [0.5, 0.6) is 0 Å². The van der Waals surface area contributed by atoms with Crippen molar-refractivity contribution >= 4 is 80.2 Å². The Bertz CT molecular complexity index is 2490. The predicted molar refractivity (Wildman–Crippen MR) is 232 cm³/mol. The predicted octanol–water partition coefficient (Wildman–Crippen LogP) is 6.60. The average Bonchev–Trinajstić information content (AvgIpc) is 3.88. The van der Waals surface area contributed by atoms with Crippen molar-refractivity contribution in [1.82, 2.24) is 4.90 Å². The third kappa shape index (κ3) is 9.74. The second-order valence-electron chi connectivity index (χ2n) is 15.8. The molecule has 7 rings (SSSR count). The molecular weight excluding hydrogens is 851 g/mol. The monoisotopic (exact) mass is 897 g/mol. The van der Waals surface area contributed by atoms with Crippen LogP contribution >= 0.6 is 22.7 Å². The van der Waals surface area contributed by atoms with Gasteiger partial charge in [0.15, 0.2) is 13.2 Å². The molecule has 3 aliphatic rings. The number of amides is 4. The van der Waals surface area contributed by atoms with E-state index >= 15 is 0 Å². The SMILES string of the molecule is CCOC(=O)c1c(NC(=O)COC(=O)c2ccc3c(c2)C(=O)N([C@H](Cc2ccccc2)C(=O)OCC(=O)Nc2sc4c(c2C(=O)OCC)CC[C@H](C)C4)C3=O)sc2c1CC[C@@H](C)C2. The highest BCUT2D eigenvalue weighted by molar-refractivity contribution is 7.17. The first kappa shape index (κ1) is 44.8. The van der Waals surface area contributed by atoms with Crippen molar-refractivity contribution in [2.45, 2.75) is 78.7 Å². The molecule has 2 aliphatic carbocycles. The van der Waals surface area contributed by atoms with Crippen molar-refractivity contribution in [3.05, 3.63) is 103 Å². The number of nitrogens with zero attached hydrogens (tertiary/aromatic N) is 1. The first-order valence-corrected chi connectivity index (χ1v) is 22.5. The van der Waals surface area contributed by atoms with Gasteiger partial charge in [0.2, 0.25) is 0 Å². The largest absolute Gasteiger partial charge is 0.462 e. The van der Waals surface area contributed by atoms with Gasteiger partial charge < -0.3 is 29.6 Å². The molecule has 2 aromatic heterocycles. The molecule has 63 heavy (non-hydrogen) atoms. The van der Waals surface area contributed by atoms with Crippen LogP contribution in [0.1, 0.15) is 119 Å². The number of hydrogen-bond donors (Lipinski definition) is 2. The van der Waals surface area contributed by atoms with E-state index in [1.54, 1.807) is 44.2 Å². The molecule has 3 atom stereocenters. The van der Waals surface area contributed by atoms with E-state index < -0.39 is 66.8 Å². The Hall–Kier alpha value is -6.20. The van der Waals surface area contributed by atoms with Crippen LogP contribution in [0.4, 0.5) is 10.0 Å². The van der Waals surface area contributed by atoms with Crippen LogP contribution in [-0.4, -0.2) is 84.9 Å². The number of fused-ring (bicyclic) bond motifs is 3. The smallest absolute Gasteiger partial charge is 0.341 e. The summed E-state index contributed by atoms with van der Waals surface area (Å²) in [5.74, 6) is -5.41. The highest BCUT2D eigenvalue weighted by atomic mass is 32.1. The summed E-state index contributed by atoms with van der Waals surface area (Å²) < 4.78 is 21.3. The van der Waals surface area contributed by atoms with E-state index in [2.05, 4.69) is 24.5 Å². The van der Waals surface area contributed by atoms with Crippen LogP contribution in [0.25, 0.3) is 0 Å². The van der Waals surface area contributed by atoms with Crippen molar-refractivity contribution in [1.29, 1.82) is 0 Å². The van der Waals surface area contributed by atoms with Crippen molar-refractivity contribution in [3.8, 4) is 0 Å². The lowest BCUT2D eigenvalue weighted by molar-refractivity contribution is -0.151. The second-order valence-corrected chi connectivity index (χ2v) is 18.0. The molecule has 15 nitrogen and oxygen atoms in total. The lowest BCUT2D eigenvalue weighted by Crippen LogP contribution is -2.47. The summed E-state index contributed by atoms with van der Waals surface area (Å²) in [6.45, 7) is 6.43. The van der Waals surface area contributed by atoms with Crippen LogP contribution in [0, 0.1) is 11.8 Å². The summed E-state index contributed by atoms with van der Waals surface area (Å²) in [5, 5.41) is 6.01. The Kier molecular flexibility index (Phi) is 13.9. The Morgan fingerprint density at radius 3 is 1.75 bits per heavy atom. The fraction of sp³-hybridized carbons (Fsp3) is 0.391. The van der Waals surface area contributed by atoms with Gasteiger partial charge in [-0.3, -0.25) is 24.1 Å². The number of nitrogens with one attached hydrogen (secondary N) is 2. The molecule has 3 heterocycles. The van der Waals surface area contributed by atoms with Crippen LogP contribution in [0.15, 0.2) is 48.5 Å². The topological polar surface area (TPSA) is 201 Å². The van der Waals surface area contributed by atoms with E-state index in [1.807, 2.05) is 0 Å². The molecule has 0 radical (unpaired) electrons. The van der Waals surface area contributed by atoms with Gasteiger partial charge in [0.1, 0.15) is 16.0 Å². The fourth-order valence-electron chi connectivity index (χ4n) is 8.08. The van der Waals surface area contributed by atoms with Gasteiger partial charge in [0.25, 0.3) is 23.6 Å². The normalized spacial score (nSPS) is 16.9. The summed E-state index contributed by atoms with van der Waals surface area (Å²) in [5.41, 5.74) is 2.49. The maximum Gasteiger partial charge on any atom is 0.341 e. The Balaban J connectivity index is 1.03. The van der Waals surface area contributed by atoms with Gasteiger partial charge in [-0.1, -0.05) is 44.2 Å². The summed E-state index contributed by atoms with van der Waals surface area (Å²) >= 11 is 2.58. The lowest BCUT2D eigenvalue weighted by atomic mass is 9.88. The highest BCUT2D eigenvalue weighted by Gasteiger charge is 2.44. The second kappa shape index (κ2) is 19.5. The zero-order valence-electron chi connectivity index (χ0n) is 35.3. The van der Waals surface area contributed by atoms with Gasteiger partial charge in [-0.15, -0.1) is 22.7 Å². The Morgan fingerprint density at radius 1 is 0.683 bits per heavy atom. The number of carbonyl (C=O) groups excluding carboxylic acids is 8. The number of carbonyl (C=O) groups is 8. The molecule has 0 saturated heterocycles. The third-order valence-electron chi connectivity index (χ3n) is 11.2. The molecule has 0 bridgehead atoms. The molecule has 0 spiro atoms. The number of rotatable bonds is 15. The summed E-state index contributed by atoms with van der Waals surface area (Å²) in [6, 6.07) is 10.8. The molecular formula is C46H47N3O12S2. The number of ether oxygens (including phenoxy) is 4. The standard InChI is InChI=1S/C46H47N3O12S2/c1-5-58-45(56)37-29-15-12-24(3)18-33(29)62-39(37)47-35(50)22-60-43(54)27-14-17-28-31(21-27)42(53)49(41(28)52)32(20-26-10-8-7-9-11-26)44(55)61-23-36(51)48-40-38(46(57)59-6-2)30-16-13-25(4)19-34(30)63-40/h7-11,14,17,21,24-25,32H,5-6,12-13,15-16,18-20,22-23H2,1-4H3,(H,47,50)(H,48,51)/t24-,25+,32-/m1/s1. The Labute approximate surface area is 371 Å². The highest BCUT2D eigenvalue weighted by Crippen LogP contribution is 2.41. The van der Waals surface area contributed by atoms with Gasteiger partial charge in [-0.25, -0.2) is 19.2 Å². The molecule has 2 N–H and O–H groups in total. The third-order valence-corrected chi connectivity index (χ3v) is 13.5. The van der Waals surface area contributed by atoms with E-state index in [1.165, 1.54) is 34.8 Å². The maximum absolute atomic E-state index is 14.0. The average molecular weight is 898 g/mol. The Morgan fingerprint density at radius 2 is 1.21 bits per heavy atom. The molecule has 4 amide bonds. The minimum absolute atomic E-state index is 0.0807. The van der Waals surface area contributed by atoms with Gasteiger partial charge in [-0.2, -0.15) is 0 Å². The van der Waals surface area contributed by atoms with E-state index in [0.717, 1.165) is 57.5 Å². The van der Waals surface area contributed by atoms with Gasteiger partial charge in [0, 0.05) is 16.2 Å². The molecule has 0 saturated carbocycles. The number of hydrogen-bond acceptors (Lipinski definition) is 14. The van der Waals surface area contributed by atoms with Gasteiger partial charge >= 0.3 is 23.9 Å². The molecule has 0 unspecified atom stereocenters. The molecule has 0 fully saturated rings. The fourth-order valence-corrected chi connectivity index (χ4v) is 10.9. The molecule has 4 aromatic rings. The number of benzene rings is 2. The van der Waals surface area contributed by atoms with Crippen molar-refractivity contribution in [2.24, 2.45) is 11.8 Å². The minimum Gasteiger partial charge on any atom is -0.462 e. The molecule has 330 valence electrons. The van der Waals surface area contributed by atoms with Crippen molar-refractivity contribution < 1.29 is 57.3 Å². The van der Waals surface area contributed by atoms with Gasteiger partial charge in [0.05, 0.1) is 41.0 Å². The maximum atomic E-state index is 14.0. The summed E-state index contributed by atoms with van der Waals surface area (Å²) in [4.78, 5) is 110. The number of anilines is 2. The number of thiophene rings is 2. The summed E-state index contributed by atoms with van der Waals surface area (Å²) in [6.07, 6.45) is 4.46. The van der Waals surface area contributed by atoms with Crippen LogP contribution in [0.3, 0.4) is 0 Å². The lowest BCUT2D eigenvalue weighted by Gasteiger charge is -2.24. The zero-order valence-corrected chi connectivity index (χ0v) is 36.9. The van der Waals surface area contributed by atoms with Crippen LogP contribution in [0.2, 0.25) is 0 Å². The van der Waals surface area contributed by atoms with Crippen LogP contribution in [-0.2, 0) is 65.4 Å². The van der Waals surface area contributed by atoms with E-state index in [-0.39, 0.29) is 36.3 Å². The molecule has 2 aromatic carbocycles. The molecule has 1 aliphatic heterocycles. The van der Waals surface area contributed by atoms with E-state index in [0.29, 0.717) is 51.4 Å².